The summed E-state index contributed by atoms with van der Waals surface area (Å²) in [5.74, 6) is -0.568. The predicted octanol–water partition coefficient (Wildman–Crippen LogP) is 1.14. The molecule has 0 saturated carbocycles. The van der Waals surface area contributed by atoms with Crippen LogP contribution in [0.15, 0.2) is 12.7 Å². The molecular weight excluding hydrogens is 234 g/mol. The minimum atomic E-state index is -0.403. The lowest BCUT2D eigenvalue weighted by molar-refractivity contribution is -0.176. The first-order valence-corrected chi connectivity index (χ1v) is 6.43. The van der Waals surface area contributed by atoms with Crippen molar-refractivity contribution in [3.05, 3.63) is 12.7 Å². The average Bonchev–Trinajstić information content (AvgIpc) is 2.82. The third kappa shape index (κ3) is 3.10. The number of rotatable bonds is 4. The molecule has 0 spiro atoms. The SMILES string of the molecule is C=CCC1NC(=O)CCC1C(=O)OC1CCCO1. The van der Waals surface area contributed by atoms with Crippen molar-refractivity contribution >= 4 is 11.9 Å². The van der Waals surface area contributed by atoms with Crippen LogP contribution in [0.1, 0.15) is 32.1 Å². The van der Waals surface area contributed by atoms with Crippen LogP contribution in [-0.2, 0) is 19.1 Å². The van der Waals surface area contributed by atoms with Crippen molar-refractivity contribution in [2.75, 3.05) is 6.61 Å². The molecule has 1 N–H and O–H groups in total. The summed E-state index contributed by atoms with van der Waals surface area (Å²) >= 11 is 0. The van der Waals surface area contributed by atoms with E-state index in [4.69, 9.17) is 9.47 Å². The minimum absolute atomic E-state index is 0.0111. The van der Waals surface area contributed by atoms with Gasteiger partial charge >= 0.3 is 5.97 Å². The molecule has 2 saturated heterocycles. The lowest BCUT2D eigenvalue weighted by Gasteiger charge is -2.30. The van der Waals surface area contributed by atoms with E-state index in [0.29, 0.717) is 25.9 Å². The van der Waals surface area contributed by atoms with Gasteiger partial charge in [-0.2, -0.15) is 0 Å². The Morgan fingerprint density at radius 3 is 3.06 bits per heavy atom. The molecule has 2 aliphatic heterocycles. The van der Waals surface area contributed by atoms with E-state index in [1.807, 2.05) is 0 Å². The second-order valence-electron chi connectivity index (χ2n) is 4.72. The van der Waals surface area contributed by atoms with Crippen LogP contribution in [0.25, 0.3) is 0 Å². The summed E-state index contributed by atoms with van der Waals surface area (Å²) in [6, 6.07) is -0.197. The molecule has 0 aromatic carbocycles. The van der Waals surface area contributed by atoms with Crippen LogP contribution < -0.4 is 5.32 Å². The summed E-state index contributed by atoms with van der Waals surface area (Å²) in [5, 5.41) is 2.82. The zero-order valence-corrected chi connectivity index (χ0v) is 10.4. The number of carbonyl (C=O) groups excluding carboxylic acids is 2. The van der Waals surface area contributed by atoms with E-state index in [2.05, 4.69) is 11.9 Å². The Kier molecular flexibility index (Phi) is 4.36. The first-order chi connectivity index (χ1) is 8.70. The van der Waals surface area contributed by atoms with E-state index in [0.717, 1.165) is 12.8 Å². The highest BCUT2D eigenvalue weighted by Crippen LogP contribution is 2.23. The Morgan fingerprint density at radius 1 is 1.56 bits per heavy atom. The number of ether oxygens (including phenoxy) is 2. The van der Waals surface area contributed by atoms with Gasteiger partial charge in [-0.15, -0.1) is 6.58 Å². The summed E-state index contributed by atoms with van der Waals surface area (Å²) in [4.78, 5) is 23.4. The monoisotopic (exact) mass is 253 g/mol. The molecule has 5 heteroatoms. The maximum Gasteiger partial charge on any atom is 0.313 e. The maximum atomic E-state index is 12.1. The van der Waals surface area contributed by atoms with Crippen molar-refractivity contribution in [3.63, 3.8) is 0 Å². The van der Waals surface area contributed by atoms with Crippen LogP contribution in [0.4, 0.5) is 0 Å². The van der Waals surface area contributed by atoms with Gasteiger partial charge in [0.1, 0.15) is 0 Å². The Labute approximate surface area is 107 Å². The van der Waals surface area contributed by atoms with Gasteiger partial charge in [-0.1, -0.05) is 6.08 Å². The van der Waals surface area contributed by atoms with Gasteiger partial charge in [0.05, 0.1) is 12.5 Å². The van der Waals surface area contributed by atoms with Crippen molar-refractivity contribution in [2.45, 2.75) is 44.4 Å². The molecule has 0 aromatic rings. The molecule has 2 heterocycles. The highest BCUT2D eigenvalue weighted by molar-refractivity contribution is 5.81. The molecule has 0 aliphatic carbocycles. The van der Waals surface area contributed by atoms with Crippen molar-refractivity contribution in [3.8, 4) is 0 Å². The van der Waals surface area contributed by atoms with Gasteiger partial charge < -0.3 is 14.8 Å². The van der Waals surface area contributed by atoms with Crippen LogP contribution in [0.3, 0.4) is 0 Å². The molecule has 0 aromatic heterocycles. The maximum absolute atomic E-state index is 12.1. The normalized spacial score (nSPS) is 31.8. The topological polar surface area (TPSA) is 64.6 Å². The Bertz CT molecular complexity index is 336. The number of piperidine rings is 1. The van der Waals surface area contributed by atoms with Crippen LogP contribution in [0.2, 0.25) is 0 Å². The molecule has 3 atom stereocenters. The van der Waals surface area contributed by atoms with E-state index in [-0.39, 0.29) is 23.8 Å². The largest absolute Gasteiger partial charge is 0.435 e. The Morgan fingerprint density at radius 2 is 2.39 bits per heavy atom. The second kappa shape index (κ2) is 6.00. The lowest BCUT2D eigenvalue weighted by atomic mass is 9.88. The molecule has 100 valence electrons. The molecule has 2 rings (SSSR count). The molecule has 0 bridgehead atoms. The summed E-state index contributed by atoms with van der Waals surface area (Å²) in [6.07, 6.45) is 4.49. The zero-order valence-electron chi connectivity index (χ0n) is 10.4. The fraction of sp³-hybridized carbons (Fsp3) is 0.692. The fourth-order valence-electron chi connectivity index (χ4n) is 2.41. The quantitative estimate of drug-likeness (QED) is 0.602. The van der Waals surface area contributed by atoms with Crippen LogP contribution in [-0.4, -0.2) is 30.8 Å². The fourth-order valence-corrected chi connectivity index (χ4v) is 2.41. The molecule has 0 radical (unpaired) electrons. The smallest absolute Gasteiger partial charge is 0.313 e. The van der Waals surface area contributed by atoms with Crippen molar-refractivity contribution in [1.82, 2.24) is 5.32 Å². The van der Waals surface area contributed by atoms with Crippen molar-refractivity contribution < 1.29 is 19.1 Å². The van der Waals surface area contributed by atoms with E-state index in [9.17, 15) is 9.59 Å². The predicted molar refractivity (Wildman–Crippen MR) is 64.5 cm³/mol. The van der Waals surface area contributed by atoms with Gasteiger partial charge in [-0.05, 0) is 19.3 Å². The summed E-state index contributed by atoms with van der Waals surface area (Å²) in [7, 11) is 0. The van der Waals surface area contributed by atoms with Crippen molar-refractivity contribution in [1.29, 1.82) is 0 Å². The molecule has 5 nitrogen and oxygen atoms in total. The van der Waals surface area contributed by atoms with E-state index >= 15 is 0 Å². The lowest BCUT2D eigenvalue weighted by Crippen LogP contribution is -2.48. The molecule has 3 unspecified atom stereocenters. The molecule has 2 fully saturated rings. The molecular formula is C13H19NO4. The minimum Gasteiger partial charge on any atom is -0.435 e. The van der Waals surface area contributed by atoms with E-state index in [1.54, 1.807) is 6.08 Å². The van der Waals surface area contributed by atoms with Crippen LogP contribution in [0, 0.1) is 5.92 Å². The van der Waals surface area contributed by atoms with Crippen LogP contribution >= 0.6 is 0 Å². The van der Waals surface area contributed by atoms with Gasteiger partial charge in [0.25, 0.3) is 0 Å². The molecule has 2 aliphatic rings. The Balaban J connectivity index is 1.93. The number of hydrogen-bond acceptors (Lipinski definition) is 4. The standard InChI is InChI=1S/C13H19NO4/c1-2-4-10-9(6-7-11(15)14-10)13(16)18-12-5-3-8-17-12/h2,9-10,12H,1,3-8H2,(H,14,15). The number of carbonyl (C=O) groups is 2. The van der Waals surface area contributed by atoms with Gasteiger partial charge in [0.2, 0.25) is 12.2 Å². The van der Waals surface area contributed by atoms with Crippen molar-refractivity contribution in [2.24, 2.45) is 5.92 Å². The van der Waals surface area contributed by atoms with E-state index in [1.165, 1.54) is 0 Å². The number of hydrogen-bond donors (Lipinski definition) is 1. The van der Waals surface area contributed by atoms with Gasteiger partial charge in [-0.25, -0.2) is 0 Å². The second-order valence-corrected chi connectivity index (χ2v) is 4.72. The van der Waals surface area contributed by atoms with Gasteiger partial charge in [0, 0.05) is 18.9 Å². The van der Waals surface area contributed by atoms with Crippen LogP contribution in [0.5, 0.6) is 0 Å². The number of esters is 1. The highest BCUT2D eigenvalue weighted by Gasteiger charge is 2.35. The average molecular weight is 253 g/mol. The highest BCUT2D eigenvalue weighted by atomic mass is 16.7. The van der Waals surface area contributed by atoms with E-state index < -0.39 is 6.29 Å². The molecule has 18 heavy (non-hydrogen) atoms. The zero-order chi connectivity index (χ0) is 13.0. The third-order valence-electron chi connectivity index (χ3n) is 3.37. The number of amides is 1. The molecule has 1 amide bonds. The summed E-state index contributed by atoms with van der Waals surface area (Å²) < 4.78 is 10.6. The summed E-state index contributed by atoms with van der Waals surface area (Å²) in [6.45, 7) is 4.30. The number of nitrogens with one attached hydrogen (secondary N) is 1. The first-order valence-electron chi connectivity index (χ1n) is 6.43. The third-order valence-corrected chi connectivity index (χ3v) is 3.37. The first kappa shape index (κ1) is 13.1. The van der Waals surface area contributed by atoms with Gasteiger partial charge in [0.15, 0.2) is 0 Å². The summed E-state index contributed by atoms with van der Waals surface area (Å²) in [5.41, 5.74) is 0. The van der Waals surface area contributed by atoms with Gasteiger partial charge in [-0.3, -0.25) is 9.59 Å². The Hall–Kier alpha value is -1.36.